The maximum absolute atomic E-state index is 11.2. The summed E-state index contributed by atoms with van der Waals surface area (Å²) in [5, 5.41) is 0. The number of ether oxygens (including phenoxy) is 1. The number of esters is 1. The van der Waals surface area contributed by atoms with E-state index in [2.05, 4.69) is 26.8 Å². The molecule has 0 saturated heterocycles. The summed E-state index contributed by atoms with van der Waals surface area (Å²) in [4.78, 5) is 11.2. The summed E-state index contributed by atoms with van der Waals surface area (Å²) < 4.78 is 4.87. The molecule has 0 heterocycles. The minimum Gasteiger partial charge on any atom is -0.463 e. The number of hydrogen-bond acceptors (Lipinski definition) is 2. The molecule has 1 atom stereocenters. The Morgan fingerprint density at radius 3 is 2.45 bits per heavy atom. The standard InChI is InChI=1S/C18H32O2/c1-6-20-18(19)14-17(5)12-8-7-11-16(4)13-9-10-15(2)3/h8,12,14-16H,6-7,9-11,13H2,1-5H3/b12-8+,17-14+. The maximum atomic E-state index is 11.2. The molecule has 0 aromatic heterocycles. The highest BCUT2D eigenvalue weighted by Gasteiger charge is 2.02. The fraction of sp³-hybridized carbons (Fsp3) is 0.722. The molecule has 0 spiro atoms. The van der Waals surface area contributed by atoms with E-state index < -0.39 is 0 Å². The van der Waals surface area contributed by atoms with E-state index in [1.165, 1.54) is 25.7 Å². The van der Waals surface area contributed by atoms with E-state index in [9.17, 15) is 4.79 Å². The molecule has 0 bridgehead atoms. The maximum Gasteiger partial charge on any atom is 0.330 e. The Morgan fingerprint density at radius 1 is 1.15 bits per heavy atom. The lowest BCUT2D eigenvalue weighted by atomic mass is 9.96. The Bertz CT molecular complexity index is 313. The molecule has 0 aliphatic carbocycles. The van der Waals surface area contributed by atoms with Crippen LogP contribution >= 0.6 is 0 Å². The summed E-state index contributed by atoms with van der Waals surface area (Å²) in [5.41, 5.74) is 0.955. The first-order valence-electron chi connectivity index (χ1n) is 7.97. The summed E-state index contributed by atoms with van der Waals surface area (Å²) in [7, 11) is 0. The molecule has 0 N–H and O–H groups in total. The zero-order valence-electron chi connectivity index (χ0n) is 13.9. The predicted octanol–water partition coefficient (Wildman–Crippen LogP) is 5.29. The van der Waals surface area contributed by atoms with Crippen molar-refractivity contribution in [2.24, 2.45) is 11.8 Å². The second kappa shape index (κ2) is 11.7. The minimum atomic E-state index is -0.253. The van der Waals surface area contributed by atoms with Gasteiger partial charge in [0.1, 0.15) is 0 Å². The first-order chi connectivity index (χ1) is 9.45. The van der Waals surface area contributed by atoms with E-state index in [0.29, 0.717) is 6.61 Å². The van der Waals surface area contributed by atoms with Crippen LogP contribution in [0.5, 0.6) is 0 Å². The smallest absolute Gasteiger partial charge is 0.330 e. The van der Waals surface area contributed by atoms with E-state index in [-0.39, 0.29) is 5.97 Å². The normalized spacial score (nSPS) is 14.0. The monoisotopic (exact) mass is 280 g/mol. The molecule has 0 radical (unpaired) electrons. The van der Waals surface area contributed by atoms with Crippen molar-refractivity contribution in [3.63, 3.8) is 0 Å². The van der Waals surface area contributed by atoms with Crippen LogP contribution in [0.1, 0.15) is 66.7 Å². The molecule has 0 aromatic rings. The Hall–Kier alpha value is -1.05. The van der Waals surface area contributed by atoms with Crippen molar-refractivity contribution in [3.05, 3.63) is 23.8 Å². The molecule has 0 rings (SSSR count). The first-order valence-corrected chi connectivity index (χ1v) is 7.97. The zero-order chi connectivity index (χ0) is 15.4. The van der Waals surface area contributed by atoms with Crippen LogP contribution in [0.25, 0.3) is 0 Å². The van der Waals surface area contributed by atoms with Crippen molar-refractivity contribution >= 4 is 5.97 Å². The number of rotatable bonds is 10. The Morgan fingerprint density at radius 2 is 1.85 bits per heavy atom. The van der Waals surface area contributed by atoms with E-state index in [4.69, 9.17) is 4.74 Å². The molecule has 116 valence electrons. The van der Waals surface area contributed by atoms with Crippen LogP contribution < -0.4 is 0 Å². The van der Waals surface area contributed by atoms with Crippen molar-refractivity contribution in [2.75, 3.05) is 6.61 Å². The van der Waals surface area contributed by atoms with E-state index in [1.54, 1.807) is 6.08 Å². The molecule has 2 heteroatoms. The largest absolute Gasteiger partial charge is 0.463 e. The van der Waals surface area contributed by atoms with Gasteiger partial charge in [-0.25, -0.2) is 4.79 Å². The lowest BCUT2D eigenvalue weighted by Crippen LogP contribution is -1.99. The van der Waals surface area contributed by atoms with E-state index in [1.807, 2.05) is 19.9 Å². The first kappa shape index (κ1) is 18.9. The third kappa shape index (κ3) is 12.0. The van der Waals surface area contributed by atoms with Gasteiger partial charge in [0.25, 0.3) is 0 Å². The molecule has 0 saturated carbocycles. The van der Waals surface area contributed by atoms with Crippen LogP contribution in [-0.4, -0.2) is 12.6 Å². The minimum absolute atomic E-state index is 0.253. The molecule has 0 aliphatic heterocycles. The second-order valence-corrected chi connectivity index (χ2v) is 6.05. The van der Waals surface area contributed by atoms with Crippen molar-refractivity contribution in [3.8, 4) is 0 Å². The van der Waals surface area contributed by atoms with Crippen LogP contribution in [0.4, 0.5) is 0 Å². The van der Waals surface area contributed by atoms with Crippen LogP contribution in [0.2, 0.25) is 0 Å². The SMILES string of the molecule is CCOC(=O)/C=C(C)/C=C/CCC(C)CCCC(C)C. The molecule has 20 heavy (non-hydrogen) atoms. The average Bonchev–Trinajstić information content (AvgIpc) is 2.34. The third-order valence-corrected chi connectivity index (χ3v) is 3.32. The lowest BCUT2D eigenvalue weighted by molar-refractivity contribution is -0.137. The van der Waals surface area contributed by atoms with Crippen LogP contribution in [-0.2, 0) is 9.53 Å². The number of carbonyl (C=O) groups is 1. The van der Waals surface area contributed by atoms with Gasteiger partial charge in [-0.15, -0.1) is 0 Å². The summed E-state index contributed by atoms with van der Waals surface area (Å²) >= 11 is 0. The van der Waals surface area contributed by atoms with E-state index >= 15 is 0 Å². The Balaban J connectivity index is 3.81. The molecular weight excluding hydrogens is 248 g/mol. The highest BCUT2D eigenvalue weighted by atomic mass is 16.5. The van der Waals surface area contributed by atoms with E-state index in [0.717, 1.165) is 23.8 Å². The number of hydrogen-bond donors (Lipinski definition) is 0. The van der Waals surface area contributed by atoms with Crippen molar-refractivity contribution in [2.45, 2.75) is 66.7 Å². The van der Waals surface area contributed by atoms with Gasteiger partial charge in [-0.2, -0.15) is 0 Å². The summed E-state index contributed by atoms with van der Waals surface area (Å²) in [6.07, 6.45) is 12.0. The van der Waals surface area contributed by atoms with Gasteiger partial charge in [0.2, 0.25) is 0 Å². The fourth-order valence-electron chi connectivity index (χ4n) is 2.09. The predicted molar refractivity (Wildman–Crippen MR) is 86.6 cm³/mol. The van der Waals surface area contributed by atoms with Crippen LogP contribution in [0.3, 0.4) is 0 Å². The van der Waals surface area contributed by atoms with Gasteiger partial charge in [-0.05, 0) is 44.1 Å². The molecule has 1 unspecified atom stereocenters. The zero-order valence-corrected chi connectivity index (χ0v) is 13.9. The quantitative estimate of drug-likeness (QED) is 0.308. The second-order valence-electron chi connectivity index (χ2n) is 6.05. The van der Waals surface area contributed by atoms with Gasteiger partial charge in [0, 0.05) is 6.08 Å². The molecular formula is C18H32O2. The third-order valence-electron chi connectivity index (χ3n) is 3.32. The molecule has 0 aromatic carbocycles. The number of carbonyl (C=O) groups excluding carboxylic acids is 1. The summed E-state index contributed by atoms with van der Waals surface area (Å²) in [6, 6.07) is 0. The summed E-state index contributed by atoms with van der Waals surface area (Å²) in [5.74, 6) is 1.35. The van der Waals surface area contributed by atoms with Crippen LogP contribution in [0.15, 0.2) is 23.8 Å². The molecule has 0 aliphatic rings. The molecule has 0 fully saturated rings. The van der Waals surface area contributed by atoms with Gasteiger partial charge < -0.3 is 4.74 Å². The van der Waals surface area contributed by atoms with Crippen molar-refractivity contribution in [1.82, 2.24) is 0 Å². The fourth-order valence-corrected chi connectivity index (χ4v) is 2.09. The van der Waals surface area contributed by atoms with Crippen LogP contribution in [0, 0.1) is 11.8 Å². The van der Waals surface area contributed by atoms with Gasteiger partial charge in [-0.3, -0.25) is 0 Å². The van der Waals surface area contributed by atoms with Crippen molar-refractivity contribution < 1.29 is 9.53 Å². The summed E-state index contributed by atoms with van der Waals surface area (Å²) in [6.45, 7) is 11.1. The lowest BCUT2D eigenvalue weighted by Gasteiger charge is -2.10. The Labute approximate surface area is 125 Å². The average molecular weight is 280 g/mol. The highest BCUT2D eigenvalue weighted by Crippen LogP contribution is 2.17. The number of allylic oxidation sites excluding steroid dienone is 3. The van der Waals surface area contributed by atoms with Gasteiger partial charge in [0.05, 0.1) is 6.61 Å². The molecule has 2 nitrogen and oxygen atoms in total. The topological polar surface area (TPSA) is 26.3 Å². The van der Waals surface area contributed by atoms with Crippen molar-refractivity contribution in [1.29, 1.82) is 0 Å². The van der Waals surface area contributed by atoms with Gasteiger partial charge >= 0.3 is 5.97 Å². The Kier molecular flexibility index (Phi) is 11.1. The molecule has 0 amide bonds. The van der Waals surface area contributed by atoms with Gasteiger partial charge in [-0.1, -0.05) is 52.2 Å². The van der Waals surface area contributed by atoms with Gasteiger partial charge in [0.15, 0.2) is 0 Å². The highest BCUT2D eigenvalue weighted by molar-refractivity contribution is 5.83.